The summed E-state index contributed by atoms with van der Waals surface area (Å²) in [4.78, 5) is 10.7. The Morgan fingerprint density at radius 3 is 2.68 bits per heavy atom. The van der Waals surface area contributed by atoms with E-state index in [2.05, 4.69) is 9.68 Å². The summed E-state index contributed by atoms with van der Waals surface area (Å²) in [5.74, 6) is -1.38. The molecule has 0 radical (unpaired) electrons. The molecular weight excluding hydrogens is 260 g/mol. The lowest BCUT2D eigenvalue weighted by atomic mass is 10.0. The van der Waals surface area contributed by atoms with Crippen molar-refractivity contribution in [2.24, 2.45) is 0 Å². The smallest absolute Gasteiger partial charge is 0.374 e. The molecule has 0 aliphatic carbocycles. The normalized spacial score (nSPS) is 10.7. The van der Waals surface area contributed by atoms with E-state index in [0.29, 0.717) is 5.75 Å². The van der Waals surface area contributed by atoms with Gasteiger partial charge in [0, 0.05) is 17.2 Å². The van der Waals surface area contributed by atoms with Crippen LogP contribution in [-0.4, -0.2) is 23.3 Å². The number of carbonyl (C=O) groups is 1. The molecule has 2 rings (SSSR count). The highest BCUT2D eigenvalue weighted by atomic mass is 19.3. The quantitative estimate of drug-likeness (QED) is 0.923. The average molecular weight is 269 g/mol. The van der Waals surface area contributed by atoms with Crippen molar-refractivity contribution in [3.8, 4) is 17.0 Å². The number of halogens is 2. The minimum atomic E-state index is -2.72. The first-order valence-corrected chi connectivity index (χ1v) is 5.19. The van der Waals surface area contributed by atoms with Crippen LogP contribution in [0.25, 0.3) is 11.3 Å². The summed E-state index contributed by atoms with van der Waals surface area (Å²) in [6, 6.07) is 5.03. The number of hydrogen-bond donors (Lipinski definition) is 1. The summed E-state index contributed by atoms with van der Waals surface area (Å²) in [6.45, 7) is 0. The second-order valence-corrected chi connectivity index (χ2v) is 3.64. The number of methoxy groups -OCH3 is 1. The minimum Gasteiger partial charge on any atom is -0.497 e. The van der Waals surface area contributed by atoms with Crippen molar-refractivity contribution in [1.82, 2.24) is 5.16 Å². The van der Waals surface area contributed by atoms with Gasteiger partial charge in [-0.1, -0.05) is 5.16 Å². The van der Waals surface area contributed by atoms with E-state index in [4.69, 9.17) is 9.84 Å². The Morgan fingerprint density at radius 1 is 1.42 bits per heavy atom. The van der Waals surface area contributed by atoms with Gasteiger partial charge in [0.2, 0.25) is 5.76 Å². The second kappa shape index (κ2) is 5.05. The van der Waals surface area contributed by atoms with E-state index in [1.54, 1.807) is 0 Å². The fourth-order valence-electron chi connectivity index (χ4n) is 1.58. The number of ether oxygens (including phenoxy) is 1. The molecule has 19 heavy (non-hydrogen) atoms. The molecule has 7 heteroatoms. The first kappa shape index (κ1) is 13.0. The van der Waals surface area contributed by atoms with E-state index in [9.17, 15) is 13.6 Å². The number of alkyl halides is 2. The van der Waals surface area contributed by atoms with Crippen LogP contribution in [0.1, 0.15) is 22.5 Å². The fraction of sp³-hybridized carbons (Fsp3) is 0.167. The molecule has 1 aromatic carbocycles. The van der Waals surface area contributed by atoms with Crippen molar-refractivity contribution in [2.45, 2.75) is 6.43 Å². The van der Waals surface area contributed by atoms with Gasteiger partial charge in [0.1, 0.15) is 11.4 Å². The lowest BCUT2D eigenvalue weighted by Gasteiger charge is -2.08. The van der Waals surface area contributed by atoms with Crippen LogP contribution in [0.3, 0.4) is 0 Å². The Bertz CT molecular complexity index is 610. The molecule has 0 bridgehead atoms. The van der Waals surface area contributed by atoms with Gasteiger partial charge >= 0.3 is 5.97 Å². The van der Waals surface area contributed by atoms with Crippen molar-refractivity contribution >= 4 is 5.97 Å². The summed E-state index contributed by atoms with van der Waals surface area (Å²) >= 11 is 0. The number of carboxylic acids is 1. The summed E-state index contributed by atoms with van der Waals surface area (Å²) in [7, 11) is 1.40. The molecule has 5 nitrogen and oxygen atoms in total. The lowest BCUT2D eigenvalue weighted by Crippen LogP contribution is -1.93. The highest BCUT2D eigenvalue weighted by Crippen LogP contribution is 2.33. The molecule has 0 saturated heterocycles. The molecule has 0 atom stereocenters. The first-order chi connectivity index (χ1) is 9.02. The zero-order valence-electron chi connectivity index (χ0n) is 9.76. The number of nitrogens with zero attached hydrogens (tertiary/aromatic N) is 1. The molecule has 1 aromatic heterocycles. The Balaban J connectivity index is 2.54. The molecule has 100 valence electrons. The number of hydrogen-bond acceptors (Lipinski definition) is 4. The van der Waals surface area contributed by atoms with Crippen LogP contribution in [0.4, 0.5) is 8.78 Å². The van der Waals surface area contributed by atoms with Gasteiger partial charge in [0.05, 0.1) is 7.11 Å². The van der Waals surface area contributed by atoms with E-state index < -0.39 is 18.2 Å². The van der Waals surface area contributed by atoms with Gasteiger partial charge in [-0.25, -0.2) is 13.6 Å². The highest BCUT2D eigenvalue weighted by molar-refractivity contribution is 5.86. The molecule has 0 fully saturated rings. The topological polar surface area (TPSA) is 72.6 Å². The van der Waals surface area contributed by atoms with E-state index in [-0.39, 0.29) is 16.8 Å². The molecule has 1 heterocycles. The maximum Gasteiger partial charge on any atom is 0.374 e. The highest BCUT2D eigenvalue weighted by Gasteiger charge is 2.19. The minimum absolute atomic E-state index is 0.0200. The molecular formula is C12H9F2NO4. The average Bonchev–Trinajstić information content (AvgIpc) is 2.87. The lowest BCUT2D eigenvalue weighted by molar-refractivity contribution is 0.0652. The van der Waals surface area contributed by atoms with Gasteiger partial charge in [-0.05, 0) is 18.2 Å². The van der Waals surface area contributed by atoms with Crippen molar-refractivity contribution in [3.63, 3.8) is 0 Å². The Morgan fingerprint density at radius 2 is 2.16 bits per heavy atom. The van der Waals surface area contributed by atoms with Crippen LogP contribution < -0.4 is 4.74 Å². The number of benzene rings is 1. The van der Waals surface area contributed by atoms with E-state index in [0.717, 1.165) is 6.07 Å². The summed E-state index contributed by atoms with van der Waals surface area (Å²) in [6.07, 6.45) is -2.72. The Kier molecular flexibility index (Phi) is 3.46. The van der Waals surface area contributed by atoms with Crippen LogP contribution in [0.5, 0.6) is 5.75 Å². The Labute approximate surface area is 106 Å². The number of aromatic nitrogens is 1. The van der Waals surface area contributed by atoms with Crippen molar-refractivity contribution < 1.29 is 27.9 Å². The predicted molar refractivity (Wildman–Crippen MR) is 60.4 cm³/mol. The van der Waals surface area contributed by atoms with Crippen molar-refractivity contribution in [1.29, 1.82) is 0 Å². The van der Waals surface area contributed by atoms with Gasteiger partial charge in [-0.2, -0.15) is 0 Å². The molecule has 0 aliphatic rings. The summed E-state index contributed by atoms with van der Waals surface area (Å²) in [5.41, 5.74) is -0.178. The fourth-order valence-corrected chi connectivity index (χ4v) is 1.58. The molecule has 0 unspecified atom stereocenters. The second-order valence-electron chi connectivity index (χ2n) is 3.64. The number of aromatic carboxylic acids is 1. The first-order valence-electron chi connectivity index (χ1n) is 5.19. The molecule has 2 aromatic rings. The summed E-state index contributed by atoms with van der Waals surface area (Å²) in [5, 5.41) is 12.2. The Hall–Kier alpha value is -2.44. The van der Waals surface area contributed by atoms with Gasteiger partial charge in [0.25, 0.3) is 6.43 Å². The maximum atomic E-state index is 12.9. The number of carboxylic acid groups (broad SMARTS) is 1. The number of rotatable bonds is 4. The van der Waals surface area contributed by atoms with Crippen LogP contribution >= 0.6 is 0 Å². The maximum absolute atomic E-state index is 12.9. The molecule has 0 amide bonds. The van der Waals surface area contributed by atoms with E-state index in [1.165, 1.54) is 25.3 Å². The largest absolute Gasteiger partial charge is 0.497 e. The summed E-state index contributed by atoms with van der Waals surface area (Å²) < 4.78 is 35.3. The monoisotopic (exact) mass is 269 g/mol. The van der Waals surface area contributed by atoms with Gasteiger partial charge in [0.15, 0.2) is 0 Å². The standard InChI is InChI=1S/C12H9F2NO4/c1-18-6-2-3-7(11(13)14)8(4-6)9-5-10(12(16)17)19-15-9/h2-5,11H,1H3,(H,16,17). The molecule has 1 N–H and O–H groups in total. The van der Waals surface area contributed by atoms with Crippen molar-refractivity contribution in [2.75, 3.05) is 7.11 Å². The van der Waals surface area contributed by atoms with E-state index >= 15 is 0 Å². The van der Waals surface area contributed by atoms with Crippen LogP contribution in [0.2, 0.25) is 0 Å². The molecule has 0 spiro atoms. The van der Waals surface area contributed by atoms with Gasteiger partial charge in [-0.15, -0.1) is 0 Å². The van der Waals surface area contributed by atoms with Gasteiger partial charge in [-0.3, -0.25) is 0 Å². The molecule has 0 aliphatic heterocycles. The van der Waals surface area contributed by atoms with Gasteiger partial charge < -0.3 is 14.4 Å². The van der Waals surface area contributed by atoms with Crippen molar-refractivity contribution in [3.05, 3.63) is 35.6 Å². The zero-order chi connectivity index (χ0) is 14.0. The van der Waals surface area contributed by atoms with Crippen LogP contribution in [0, 0.1) is 0 Å². The third-order valence-corrected chi connectivity index (χ3v) is 2.49. The zero-order valence-corrected chi connectivity index (χ0v) is 9.76. The third-order valence-electron chi connectivity index (χ3n) is 2.49. The van der Waals surface area contributed by atoms with Crippen LogP contribution in [0.15, 0.2) is 28.8 Å². The SMILES string of the molecule is COc1ccc(C(F)F)c(-c2cc(C(=O)O)on2)c1. The van der Waals surface area contributed by atoms with E-state index in [1.807, 2.05) is 0 Å². The molecule has 0 saturated carbocycles. The van der Waals surface area contributed by atoms with Crippen LogP contribution in [-0.2, 0) is 0 Å². The predicted octanol–water partition coefficient (Wildman–Crippen LogP) is 2.99. The third kappa shape index (κ3) is 2.54.